The number of carbonyl (C=O) groups is 1. The van der Waals surface area contributed by atoms with Gasteiger partial charge in [0.15, 0.2) is 0 Å². The summed E-state index contributed by atoms with van der Waals surface area (Å²) in [6.07, 6.45) is 7.23. The Morgan fingerprint density at radius 3 is 2.66 bits per heavy atom. The van der Waals surface area contributed by atoms with Gasteiger partial charge in [-0.05, 0) is 86.7 Å². The lowest BCUT2D eigenvalue weighted by atomic mass is 9.90. The van der Waals surface area contributed by atoms with Gasteiger partial charge in [0, 0.05) is 29.8 Å². The van der Waals surface area contributed by atoms with Gasteiger partial charge in [-0.1, -0.05) is 41.4 Å². The molecular weight excluding hydrogens is 448 g/mol. The number of hydrogen-bond donors (Lipinski definition) is 1. The number of amides is 2. The quantitative estimate of drug-likeness (QED) is 0.504. The van der Waals surface area contributed by atoms with Crippen LogP contribution in [0, 0.1) is 5.82 Å². The fraction of sp³-hybridized carbons (Fsp3) is 0.400. The molecule has 1 unspecified atom stereocenters. The Kier molecular flexibility index (Phi) is 7.71. The third-order valence-electron chi connectivity index (χ3n) is 6.31. The van der Waals surface area contributed by atoms with E-state index in [1.807, 2.05) is 23.1 Å². The molecule has 0 bridgehead atoms. The average molecular weight is 476 g/mol. The third-order valence-corrected chi connectivity index (χ3v) is 6.83. The summed E-state index contributed by atoms with van der Waals surface area (Å²) >= 11 is 12.1. The average Bonchev–Trinajstić information content (AvgIpc) is 3.30. The van der Waals surface area contributed by atoms with Crippen LogP contribution >= 0.6 is 23.2 Å². The minimum Gasteiger partial charge on any atom is -0.320 e. The number of allylic oxidation sites excluding steroid dienone is 1. The normalized spacial score (nSPS) is 19.0. The van der Waals surface area contributed by atoms with E-state index in [1.54, 1.807) is 0 Å². The van der Waals surface area contributed by atoms with Crippen molar-refractivity contribution in [3.8, 4) is 0 Å². The molecule has 1 aliphatic heterocycles. The molecule has 2 aliphatic rings. The topological polar surface area (TPSA) is 35.6 Å². The largest absolute Gasteiger partial charge is 0.322 e. The minimum atomic E-state index is -0.499. The number of nitrogens with zero attached hydrogens (tertiary/aromatic N) is 2. The highest BCUT2D eigenvalue weighted by molar-refractivity contribution is 6.31. The van der Waals surface area contributed by atoms with Crippen LogP contribution in [0.1, 0.15) is 37.7 Å². The molecule has 0 spiro atoms. The van der Waals surface area contributed by atoms with Crippen molar-refractivity contribution in [2.75, 3.05) is 31.5 Å². The molecule has 0 radical (unpaired) electrons. The zero-order valence-corrected chi connectivity index (χ0v) is 19.5. The van der Waals surface area contributed by atoms with Crippen molar-refractivity contribution >= 4 is 40.5 Å². The van der Waals surface area contributed by atoms with Crippen molar-refractivity contribution in [3.63, 3.8) is 0 Å². The monoisotopic (exact) mass is 475 g/mol. The van der Waals surface area contributed by atoms with Crippen LogP contribution in [0.25, 0.3) is 5.57 Å². The molecule has 0 saturated carbocycles. The molecule has 4 rings (SSSR count). The SMILES string of the molecule is O=C(Nc1ccc(F)c(Cl)c1)N(CCN1CCCC1)C1CC=C(c2cccc(Cl)c2)CC1. The van der Waals surface area contributed by atoms with Gasteiger partial charge in [-0.3, -0.25) is 0 Å². The van der Waals surface area contributed by atoms with Crippen molar-refractivity contribution in [1.82, 2.24) is 9.80 Å². The van der Waals surface area contributed by atoms with Crippen LogP contribution in [0.15, 0.2) is 48.5 Å². The highest BCUT2D eigenvalue weighted by Crippen LogP contribution is 2.31. The number of rotatable bonds is 6. The summed E-state index contributed by atoms with van der Waals surface area (Å²) in [7, 11) is 0. The fourth-order valence-electron chi connectivity index (χ4n) is 4.53. The van der Waals surface area contributed by atoms with Crippen LogP contribution in [0.5, 0.6) is 0 Å². The summed E-state index contributed by atoms with van der Waals surface area (Å²) < 4.78 is 13.5. The molecule has 1 atom stereocenters. The van der Waals surface area contributed by atoms with Gasteiger partial charge in [0.05, 0.1) is 5.02 Å². The van der Waals surface area contributed by atoms with E-state index in [2.05, 4.69) is 22.4 Å². The zero-order valence-electron chi connectivity index (χ0n) is 18.0. The van der Waals surface area contributed by atoms with Crippen LogP contribution in [-0.2, 0) is 0 Å². The number of carbonyl (C=O) groups excluding carboxylic acids is 1. The maximum absolute atomic E-state index is 13.5. The molecule has 2 amide bonds. The first-order chi connectivity index (χ1) is 15.5. The number of benzene rings is 2. The van der Waals surface area contributed by atoms with Gasteiger partial charge in [-0.25, -0.2) is 9.18 Å². The molecular formula is C25H28Cl2FN3O. The number of likely N-dealkylation sites (tertiary alicyclic amines) is 1. The van der Waals surface area contributed by atoms with E-state index in [0.717, 1.165) is 49.5 Å². The maximum Gasteiger partial charge on any atom is 0.322 e. The van der Waals surface area contributed by atoms with E-state index in [4.69, 9.17) is 23.2 Å². The highest BCUT2D eigenvalue weighted by Gasteiger charge is 2.27. The van der Waals surface area contributed by atoms with E-state index in [9.17, 15) is 9.18 Å². The van der Waals surface area contributed by atoms with Gasteiger partial charge in [-0.15, -0.1) is 0 Å². The molecule has 2 aromatic rings. The molecule has 1 fully saturated rings. The Bertz CT molecular complexity index is 991. The zero-order chi connectivity index (χ0) is 22.5. The first kappa shape index (κ1) is 23.1. The van der Waals surface area contributed by atoms with Crippen LogP contribution in [0.4, 0.5) is 14.9 Å². The Balaban J connectivity index is 1.47. The number of nitrogens with one attached hydrogen (secondary N) is 1. The number of halogens is 3. The number of hydrogen-bond acceptors (Lipinski definition) is 2. The van der Waals surface area contributed by atoms with Crippen LogP contribution in [0.3, 0.4) is 0 Å². The molecule has 7 heteroatoms. The van der Waals surface area contributed by atoms with E-state index < -0.39 is 5.82 Å². The van der Waals surface area contributed by atoms with Gasteiger partial charge in [-0.2, -0.15) is 0 Å². The molecule has 0 aromatic heterocycles. The second kappa shape index (κ2) is 10.7. The Hall–Kier alpha value is -2.08. The number of urea groups is 1. The Morgan fingerprint density at radius 2 is 1.97 bits per heavy atom. The van der Waals surface area contributed by atoms with Crippen molar-refractivity contribution in [2.45, 2.75) is 38.1 Å². The minimum absolute atomic E-state index is 0.00169. The summed E-state index contributed by atoms with van der Waals surface area (Å²) in [6, 6.07) is 12.1. The maximum atomic E-state index is 13.5. The molecule has 32 heavy (non-hydrogen) atoms. The van der Waals surface area contributed by atoms with Crippen LogP contribution < -0.4 is 5.32 Å². The summed E-state index contributed by atoms with van der Waals surface area (Å²) in [5.74, 6) is -0.499. The van der Waals surface area contributed by atoms with Crippen molar-refractivity contribution in [2.24, 2.45) is 0 Å². The van der Waals surface area contributed by atoms with Crippen molar-refractivity contribution in [3.05, 3.63) is 70.0 Å². The first-order valence-electron chi connectivity index (χ1n) is 11.2. The fourth-order valence-corrected chi connectivity index (χ4v) is 4.90. The molecule has 1 saturated heterocycles. The molecule has 2 aromatic carbocycles. The van der Waals surface area contributed by atoms with Gasteiger partial charge in [0.2, 0.25) is 0 Å². The highest BCUT2D eigenvalue weighted by atomic mass is 35.5. The van der Waals surface area contributed by atoms with E-state index in [-0.39, 0.29) is 17.1 Å². The van der Waals surface area contributed by atoms with E-state index in [1.165, 1.54) is 36.6 Å². The van der Waals surface area contributed by atoms with Gasteiger partial charge < -0.3 is 15.1 Å². The van der Waals surface area contributed by atoms with E-state index in [0.29, 0.717) is 12.2 Å². The summed E-state index contributed by atoms with van der Waals surface area (Å²) in [5, 5.41) is 3.64. The van der Waals surface area contributed by atoms with Gasteiger partial charge in [0.25, 0.3) is 0 Å². The smallest absolute Gasteiger partial charge is 0.320 e. The van der Waals surface area contributed by atoms with Crippen molar-refractivity contribution < 1.29 is 9.18 Å². The summed E-state index contributed by atoms with van der Waals surface area (Å²) in [5.41, 5.74) is 2.91. The van der Waals surface area contributed by atoms with Gasteiger partial charge in [0.1, 0.15) is 5.82 Å². The van der Waals surface area contributed by atoms with Crippen LogP contribution in [0.2, 0.25) is 10.0 Å². The first-order valence-corrected chi connectivity index (χ1v) is 12.0. The van der Waals surface area contributed by atoms with Crippen molar-refractivity contribution in [1.29, 1.82) is 0 Å². The van der Waals surface area contributed by atoms with E-state index >= 15 is 0 Å². The second-order valence-corrected chi connectivity index (χ2v) is 9.31. The molecule has 1 heterocycles. The lowest BCUT2D eigenvalue weighted by Crippen LogP contribution is -2.47. The molecule has 170 valence electrons. The second-order valence-electron chi connectivity index (χ2n) is 8.47. The lowest BCUT2D eigenvalue weighted by molar-refractivity contribution is 0.170. The van der Waals surface area contributed by atoms with Crippen LogP contribution in [-0.4, -0.2) is 48.1 Å². The molecule has 1 N–H and O–H groups in total. The molecule has 4 nitrogen and oxygen atoms in total. The lowest BCUT2D eigenvalue weighted by Gasteiger charge is -2.35. The van der Waals surface area contributed by atoms with Gasteiger partial charge >= 0.3 is 6.03 Å². The summed E-state index contributed by atoms with van der Waals surface area (Å²) in [4.78, 5) is 17.6. The standard InChI is InChI=1S/C25H28Cl2FN3O/c26-20-5-3-4-19(16-20)18-6-9-22(10-7-18)31(15-14-30-12-1-2-13-30)25(32)29-21-8-11-24(28)23(27)17-21/h3-6,8,11,16-17,22H,1-2,7,9-10,12-15H2,(H,29,32). The number of anilines is 1. The predicted molar refractivity (Wildman–Crippen MR) is 130 cm³/mol. The summed E-state index contributed by atoms with van der Waals surface area (Å²) in [6.45, 7) is 3.70. The Labute approximate surface area is 199 Å². The Morgan fingerprint density at radius 1 is 1.16 bits per heavy atom. The third kappa shape index (κ3) is 5.83. The predicted octanol–water partition coefficient (Wildman–Crippen LogP) is 6.70. The molecule has 1 aliphatic carbocycles.